The van der Waals surface area contributed by atoms with Crippen LogP contribution in [0.1, 0.15) is 5.56 Å². The van der Waals surface area contributed by atoms with E-state index in [4.69, 9.17) is 5.26 Å². The van der Waals surface area contributed by atoms with Crippen molar-refractivity contribution in [1.29, 1.82) is 5.26 Å². The van der Waals surface area contributed by atoms with Crippen LogP contribution in [0, 0.1) is 23.0 Å². The first-order valence-corrected chi connectivity index (χ1v) is 6.18. The Bertz CT molecular complexity index is 864. The zero-order valence-corrected chi connectivity index (χ0v) is 10.8. The number of fused-ring (bicyclic) bond motifs is 1. The van der Waals surface area contributed by atoms with Crippen LogP contribution >= 0.6 is 0 Å². The molecule has 1 heterocycles. The van der Waals surface area contributed by atoms with Crippen molar-refractivity contribution in [2.24, 2.45) is 0 Å². The van der Waals surface area contributed by atoms with Crippen molar-refractivity contribution in [3.8, 4) is 6.07 Å². The van der Waals surface area contributed by atoms with E-state index in [0.29, 0.717) is 5.69 Å². The minimum absolute atomic E-state index is 0.0251. The number of pyridine rings is 1. The van der Waals surface area contributed by atoms with Gasteiger partial charge in [-0.05, 0) is 29.7 Å². The molecule has 0 aliphatic heterocycles. The number of nitriles is 1. The summed E-state index contributed by atoms with van der Waals surface area (Å²) in [6.45, 7) is 0. The Hall–Kier alpha value is -3.00. The Morgan fingerprint density at radius 3 is 2.67 bits per heavy atom. The topological polar surface area (TPSA) is 48.7 Å². The molecule has 0 saturated carbocycles. The second-order valence-electron chi connectivity index (χ2n) is 4.43. The predicted molar refractivity (Wildman–Crippen MR) is 76.1 cm³/mol. The van der Waals surface area contributed by atoms with Crippen LogP contribution in [0.4, 0.5) is 20.2 Å². The van der Waals surface area contributed by atoms with Gasteiger partial charge in [0.15, 0.2) is 11.6 Å². The first kappa shape index (κ1) is 13.0. The molecule has 0 bridgehead atoms. The van der Waals surface area contributed by atoms with Crippen LogP contribution in [0.2, 0.25) is 0 Å². The average Bonchev–Trinajstić information content (AvgIpc) is 2.52. The lowest BCUT2D eigenvalue weighted by molar-refractivity contribution is 0.509. The van der Waals surface area contributed by atoms with Crippen LogP contribution in [0.25, 0.3) is 10.8 Å². The lowest BCUT2D eigenvalue weighted by Gasteiger charge is -2.11. The van der Waals surface area contributed by atoms with Crippen molar-refractivity contribution in [3.63, 3.8) is 0 Å². The third kappa shape index (κ3) is 2.28. The molecule has 0 radical (unpaired) electrons. The minimum atomic E-state index is -1.15. The van der Waals surface area contributed by atoms with Gasteiger partial charge in [-0.1, -0.05) is 12.1 Å². The fourth-order valence-electron chi connectivity index (χ4n) is 2.10. The molecule has 0 atom stereocenters. The highest BCUT2D eigenvalue weighted by Crippen LogP contribution is 2.28. The summed E-state index contributed by atoms with van der Waals surface area (Å²) in [5, 5.41) is 13.3. The number of hydrogen-bond donors (Lipinski definition) is 1. The molecule has 3 aromatic rings. The van der Waals surface area contributed by atoms with Gasteiger partial charge in [0.05, 0.1) is 11.3 Å². The SMILES string of the molecule is N#Cc1ccc(Nc2cccc3ccncc23)c(F)c1F. The van der Waals surface area contributed by atoms with Crippen molar-refractivity contribution in [2.75, 3.05) is 5.32 Å². The van der Waals surface area contributed by atoms with Gasteiger partial charge in [0.2, 0.25) is 0 Å². The summed E-state index contributed by atoms with van der Waals surface area (Å²) in [7, 11) is 0. The van der Waals surface area contributed by atoms with Crippen molar-refractivity contribution >= 4 is 22.1 Å². The summed E-state index contributed by atoms with van der Waals surface area (Å²) in [5.41, 5.74) is 0.268. The van der Waals surface area contributed by atoms with E-state index in [-0.39, 0.29) is 11.3 Å². The third-order valence-electron chi connectivity index (χ3n) is 3.16. The van der Waals surface area contributed by atoms with Crippen molar-refractivity contribution in [1.82, 2.24) is 4.98 Å². The second kappa shape index (κ2) is 5.17. The van der Waals surface area contributed by atoms with E-state index in [9.17, 15) is 8.78 Å². The largest absolute Gasteiger partial charge is 0.352 e. The number of nitrogens with zero attached hydrogens (tertiary/aromatic N) is 2. The van der Waals surface area contributed by atoms with Crippen LogP contribution in [-0.2, 0) is 0 Å². The number of nitrogens with one attached hydrogen (secondary N) is 1. The first-order valence-electron chi connectivity index (χ1n) is 6.18. The van der Waals surface area contributed by atoms with Crippen LogP contribution in [0.3, 0.4) is 0 Å². The van der Waals surface area contributed by atoms with E-state index < -0.39 is 11.6 Å². The molecular formula is C16H9F2N3. The van der Waals surface area contributed by atoms with Gasteiger partial charge in [0, 0.05) is 23.5 Å². The summed E-state index contributed by atoms with van der Waals surface area (Å²) in [4.78, 5) is 4.03. The fraction of sp³-hybridized carbons (Fsp3) is 0. The van der Waals surface area contributed by atoms with E-state index in [2.05, 4.69) is 10.3 Å². The second-order valence-corrected chi connectivity index (χ2v) is 4.43. The minimum Gasteiger partial charge on any atom is -0.352 e. The quantitative estimate of drug-likeness (QED) is 0.768. The molecule has 0 spiro atoms. The molecule has 2 aromatic carbocycles. The van der Waals surface area contributed by atoms with Gasteiger partial charge in [0.1, 0.15) is 6.07 Å². The Labute approximate surface area is 119 Å². The van der Waals surface area contributed by atoms with Crippen LogP contribution in [0.5, 0.6) is 0 Å². The summed E-state index contributed by atoms with van der Waals surface area (Å²) in [6, 6.07) is 11.5. The smallest absolute Gasteiger partial charge is 0.183 e. The lowest BCUT2D eigenvalue weighted by atomic mass is 10.1. The van der Waals surface area contributed by atoms with Crippen LogP contribution in [-0.4, -0.2) is 4.98 Å². The molecule has 0 aliphatic carbocycles. The van der Waals surface area contributed by atoms with Gasteiger partial charge in [-0.25, -0.2) is 8.78 Å². The standard InChI is InChI=1S/C16H9F2N3/c17-15-11(8-19)4-5-14(16(15)18)21-13-3-1-2-10-6-7-20-9-12(10)13/h1-7,9,21H. The molecule has 5 heteroatoms. The molecule has 0 aliphatic rings. The predicted octanol–water partition coefficient (Wildman–Crippen LogP) is 4.13. The first-order chi connectivity index (χ1) is 10.2. The van der Waals surface area contributed by atoms with Crippen LogP contribution in [0.15, 0.2) is 48.8 Å². The average molecular weight is 281 g/mol. The highest BCUT2D eigenvalue weighted by Gasteiger charge is 2.14. The van der Waals surface area contributed by atoms with Gasteiger partial charge in [-0.15, -0.1) is 0 Å². The van der Waals surface area contributed by atoms with Crippen molar-refractivity contribution in [3.05, 3.63) is 66.0 Å². The number of rotatable bonds is 2. The van der Waals surface area contributed by atoms with E-state index in [1.165, 1.54) is 12.1 Å². The number of benzene rings is 2. The van der Waals surface area contributed by atoms with Gasteiger partial charge < -0.3 is 5.32 Å². The molecule has 0 fully saturated rings. The summed E-state index contributed by atoms with van der Waals surface area (Å²) < 4.78 is 27.6. The van der Waals surface area contributed by atoms with Gasteiger partial charge in [-0.2, -0.15) is 5.26 Å². The van der Waals surface area contributed by atoms with E-state index in [1.54, 1.807) is 24.5 Å². The van der Waals surface area contributed by atoms with Crippen molar-refractivity contribution < 1.29 is 8.78 Å². The molecule has 0 amide bonds. The Balaban J connectivity index is 2.08. The Morgan fingerprint density at radius 1 is 1.00 bits per heavy atom. The molecular weight excluding hydrogens is 272 g/mol. The molecule has 1 N–H and O–H groups in total. The molecule has 0 unspecified atom stereocenters. The lowest BCUT2D eigenvalue weighted by Crippen LogP contribution is -1.99. The number of halogens is 2. The van der Waals surface area contributed by atoms with E-state index in [1.807, 2.05) is 18.2 Å². The van der Waals surface area contributed by atoms with Gasteiger partial charge in [-0.3, -0.25) is 4.98 Å². The summed E-state index contributed by atoms with van der Waals surface area (Å²) >= 11 is 0. The zero-order chi connectivity index (χ0) is 14.8. The maximum Gasteiger partial charge on any atom is 0.183 e. The van der Waals surface area contributed by atoms with E-state index in [0.717, 1.165) is 10.8 Å². The zero-order valence-electron chi connectivity index (χ0n) is 10.8. The van der Waals surface area contributed by atoms with E-state index >= 15 is 0 Å². The molecule has 3 rings (SSSR count). The number of hydrogen-bond acceptors (Lipinski definition) is 3. The van der Waals surface area contributed by atoms with Gasteiger partial charge in [0.25, 0.3) is 0 Å². The molecule has 102 valence electrons. The third-order valence-corrected chi connectivity index (χ3v) is 3.16. The molecule has 21 heavy (non-hydrogen) atoms. The maximum atomic E-state index is 13.9. The Kier molecular flexibility index (Phi) is 3.20. The number of aromatic nitrogens is 1. The Morgan fingerprint density at radius 2 is 1.86 bits per heavy atom. The van der Waals surface area contributed by atoms with Gasteiger partial charge >= 0.3 is 0 Å². The highest BCUT2D eigenvalue weighted by molar-refractivity contribution is 5.94. The normalized spacial score (nSPS) is 10.3. The monoisotopic (exact) mass is 281 g/mol. The molecule has 3 nitrogen and oxygen atoms in total. The highest BCUT2D eigenvalue weighted by atomic mass is 19.2. The molecule has 1 aromatic heterocycles. The van der Waals surface area contributed by atoms with Crippen LogP contribution < -0.4 is 5.32 Å². The summed E-state index contributed by atoms with van der Waals surface area (Å²) in [5.74, 6) is -2.23. The maximum absolute atomic E-state index is 13.9. The molecule has 0 saturated heterocycles. The number of anilines is 2. The fourth-order valence-corrected chi connectivity index (χ4v) is 2.10. The summed E-state index contributed by atoms with van der Waals surface area (Å²) in [6.07, 6.45) is 3.31. The van der Waals surface area contributed by atoms with Crippen molar-refractivity contribution in [2.45, 2.75) is 0 Å².